The zero-order valence-corrected chi connectivity index (χ0v) is 21.0. The Hall–Kier alpha value is -3.74. The Morgan fingerprint density at radius 2 is 1.19 bits per heavy atom. The first-order chi connectivity index (χ1) is 18.3. The van der Waals surface area contributed by atoms with Gasteiger partial charge in [0.15, 0.2) is 0 Å². The van der Waals surface area contributed by atoms with Crippen LogP contribution in [0.5, 0.6) is 0 Å². The monoisotopic (exact) mass is 531 g/mol. The van der Waals surface area contributed by atoms with Gasteiger partial charge in [-0.05, 0) is 0 Å². The second-order valence-corrected chi connectivity index (χ2v) is 7.16. The molecule has 3 aromatic rings. The maximum atomic E-state index is 7.50. The fourth-order valence-electron chi connectivity index (χ4n) is 3.66. The first-order valence-electron chi connectivity index (χ1n) is 10.0. The van der Waals surface area contributed by atoms with Gasteiger partial charge in [0.25, 0.3) is 0 Å². The molecule has 0 saturated carbocycles. The second-order valence-electron chi connectivity index (χ2n) is 6.58. The molecule has 0 aromatic heterocycles. The number of fused-ring (bicyclic) bond motifs is 1. The van der Waals surface area contributed by atoms with Crippen LogP contribution in [0.3, 0.4) is 0 Å². The number of ether oxygens (including phenoxy) is 1. The molecule has 4 rings (SSSR count). The van der Waals surface area contributed by atoms with Crippen molar-refractivity contribution in [3.8, 4) is 0 Å². The Morgan fingerprint density at radius 1 is 0.730 bits per heavy atom. The van der Waals surface area contributed by atoms with Gasteiger partial charge in [-0.15, -0.1) is 0 Å². The van der Waals surface area contributed by atoms with Crippen molar-refractivity contribution in [3.05, 3.63) is 140 Å². The summed E-state index contributed by atoms with van der Waals surface area (Å²) in [5, 5.41) is 0. The number of rotatable bonds is 5. The molecule has 0 bridgehead atoms. The van der Waals surface area contributed by atoms with Crippen LogP contribution in [0.25, 0.3) is 6.08 Å². The SMILES string of the molecule is CO[C](=[Cr])C1=Cc2ccccc2N(Cc2ccccc2)C1c1ccccc1.[C-]#[O+].[C-]#[O+].[C-]#[O+].[C-]#[O+].[C-]#[O+]. The van der Waals surface area contributed by atoms with Crippen molar-refractivity contribution < 1.29 is 43.8 Å². The molecule has 0 N–H and O–H groups in total. The number of methoxy groups -OCH3 is 1. The van der Waals surface area contributed by atoms with Crippen LogP contribution in [0.15, 0.2) is 90.5 Å². The van der Waals surface area contributed by atoms with E-state index in [4.69, 9.17) is 28.0 Å². The van der Waals surface area contributed by atoms with Crippen molar-refractivity contribution >= 4 is 16.3 Å². The zero-order chi connectivity index (χ0) is 28.6. The molecule has 37 heavy (non-hydrogen) atoms. The molecule has 184 valence electrons. The van der Waals surface area contributed by atoms with Crippen LogP contribution < -0.4 is 4.90 Å². The summed E-state index contributed by atoms with van der Waals surface area (Å²) in [7, 11) is 1.72. The number of hydrogen-bond acceptors (Lipinski definition) is 2. The van der Waals surface area contributed by atoms with E-state index < -0.39 is 0 Å². The molecule has 7 nitrogen and oxygen atoms in total. The predicted octanol–water partition coefficient (Wildman–Crippen LogP) is 4.97. The Labute approximate surface area is 224 Å². The van der Waals surface area contributed by atoms with Gasteiger partial charge >= 0.3 is 225 Å². The van der Waals surface area contributed by atoms with Gasteiger partial charge in [0, 0.05) is 0 Å². The van der Waals surface area contributed by atoms with E-state index in [2.05, 4.69) is 145 Å². The molecule has 1 atom stereocenters. The Balaban J connectivity index is 0. The minimum absolute atomic E-state index is 0.0810. The van der Waals surface area contributed by atoms with Gasteiger partial charge in [0.1, 0.15) is 0 Å². The van der Waals surface area contributed by atoms with Gasteiger partial charge in [-0.3, -0.25) is 0 Å². The van der Waals surface area contributed by atoms with Gasteiger partial charge in [-0.1, -0.05) is 0 Å². The van der Waals surface area contributed by atoms with E-state index >= 15 is 0 Å². The molecule has 0 saturated heterocycles. The second kappa shape index (κ2) is 22.7. The molecule has 1 aliphatic rings. The van der Waals surface area contributed by atoms with Gasteiger partial charge < -0.3 is 0 Å². The minimum atomic E-state index is 0.0810. The van der Waals surface area contributed by atoms with Crippen molar-refractivity contribution in [3.63, 3.8) is 0 Å². The van der Waals surface area contributed by atoms with E-state index in [1.54, 1.807) is 7.11 Å². The number of hydrogen-bond donors (Lipinski definition) is 0. The quantitative estimate of drug-likeness (QED) is 0.342. The molecule has 3 aromatic carbocycles. The van der Waals surface area contributed by atoms with Crippen molar-refractivity contribution in [1.82, 2.24) is 0 Å². The van der Waals surface area contributed by atoms with E-state index in [1.165, 1.54) is 22.4 Å². The van der Waals surface area contributed by atoms with Gasteiger partial charge in [-0.2, -0.15) is 0 Å². The van der Waals surface area contributed by atoms with Crippen LogP contribution in [0.4, 0.5) is 5.69 Å². The van der Waals surface area contributed by atoms with Gasteiger partial charge in [0.2, 0.25) is 0 Å². The third kappa shape index (κ3) is 10.4. The first-order valence-corrected chi connectivity index (χ1v) is 10.7. The van der Waals surface area contributed by atoms with Crippen LogP contribution in [0.2, 0.25) is 0 Å². The number of anilines is 1. The van der Waals surface area contributed by atoms with Gasteiger partial charge in [-0.25, -0.2) is 0 Å². The van der Waals surface area contributed by atoms with E-state index in [1.807, 2.05) is 0 Å². The summed E-state index contributed by atoms with van der Waals surface area (Å²) < 4.78 is 44.0. The summed E-state index contributed by atoms with van der Waals surface area (Å²) >= 11 is 3.11. The van der Waals surface area contributed by atoms with Gasteiger partial charge in [0.05, 0.1) is 0 Å². The number of nitrogens with zero attached hydrogens (tertiary/aromatic N) is 1. The van der Waals surface area contributed by atoms with E-state index in [-0.39, 0.29) is 6.04 Å². The summed E-state index contributed by atoms with van der Waals surface area (Å²) in [6.45, 7) is 23.3. The summed E-state index contributed by atoms with van der Waals surface area (Å²) in [6.07, 6.45) is 2.24. The molecule has 1 unspecified atom stereocenters. The fourth-order valence-corrected chi connectivity index (χ4v) is 3.93. The third-order valence-corrected chi connectivity index (χ3v) is 5.52. The maximum absolute atomic E-state index is 7.50. The molecule has 1 aliphatic heterocycles. The summed E-state index contributed by atoms with van der Waals surface area (Å²) in [5.41, 5.74) is 6.13. The molecule has 0 spiro atoms. The Bertz CT molecular complexity index is 1160. The molecule has 0 aliphatic carbocycles. The van der Waals surface area contributed by atoms with Crippen molar-refractivity contribution in [2.45, 2.75) is 12.6 Å². The molecule has 1 heterocycles. The Morgan fingerprint density at radius 3 is 1.70 bits per heavy atom. The summed E-state index contributed by atoms with van der Waals surface area (Å²) in [6, 6.07) is 29.9. The average molecular weight is 531 g/mol. The molecule has 0 amide bonds. The van der Waals surface area contributed by atoms with Crippen LogP contribution in [-0.2, 0) is 50.4 Å². The topological polar surface area (TPSA) is 112 Å². The van der Waals surface area contributed by atoms with E-state index in [0.29, 0.717) is 0 Å². The van der Waals surface area contributed by atoms with Crippen LogP contribution in [0.1, 0.15) is 22.7 Å². The molecular weight excluding hydrogens is 510 g/mol. The third-order valence-electron chi connectivity index (χ3n) is 4.90. The van der Waals surface area contributed by atoms with E-state index in [0.717, 1.165) is 16.7 Å². The zero-order valence-electron chi connectivity index (χ0n) is 19.7. The summed E-state index contributed by atoms with van der Waals surface area (Å²) in [5.74, 6) is 0. The van der Waals surface area contributed by atoms with Crippen LogP contribution >= 0.6 is 0 Å². The fraction of sp³-hybridized carbons (Fsp3) is 0.103. The van der Waals surface area contributed by atoms with Crippen molar-refractivity contribution in [2.75, 3.05) is 12.0 Å². The molecule has 8 heteroatoms. The standard InChI is InChI=1S/C24H21NO.5CO.Cr/c1-26-18-22-16-21-14-8-9-15-23(21)25(17-19-10-4-2-5-11-19)24(22)20-12-6-3-7-13-20;5*1-2;/h2-16,24H,17H2,1H3;;;;;;. The molecule has 0 radical (unpaired) electrons. The molecule has 0 fully saturated rings. The number of benzene rings is 3. The predicted molar refractivity (Wildman–Crippen MR) is 128 cm³/mol. The Kier molecular flexibility index (Phi) is 21.7. The number of para-hydroxylation sites is 1. The summed E-state index contributed by atoms with van der Waals surface area (Å²) in [4.78, 5) is 2.46. The van der Waals surface area contributed by atoms with Crippen LogP contribution in [0, 0.1) is 33.3 Å². The van der Waals surface area contributed by atoms with Crippen molar-refractivity contribution in [1.29, 1.82) is 0 Å². The van der Waals surface area contributed by atoms with Crippen LogP contribution in [-0.4, -0.2) is 11.7 Å². The van der Waals surface area contributed by atoms with Crippen molar-refractivity contribution in [2.24, 2.45) is 0 Å². The molecular formula is C29H21CrNO6. The normalized spacial score (nSPS) is 11.8. The van der Waals surface area contributed by atoms with E-state index in [9.17, 15) is 0 Å². The first kappa shape index (κ1) is 35.4. The average Bonchev–Trinajstić information content (AvgIpc) is 3.02.